The number of piperidine rings is 1. The smallest absolute Gasteiger partial charge is 0.255 e. The van der Waals surface area contributed by atoms with Crippen LogP contribution in [0.5, 0.6) is 0 Å². The summed E-state index contributed by atoms with van der Waals surface area (Å²) < 4.78 is 19.1. The van der Waals surface area contributed by atoms with Crippen molar-refractivity contribution >= 4 is 5.91 Å². The molecule has 6 heteroatoms. The number of furan rings is 1. The first kappa shape index (κ1) is 19.2. The van der Waals surface area contributed by atoms with Crippen molar-refractivity contribution in [2.24, 2.45) is 0 Å². The Kier molecular flexibility index (Phi) is 5.51. The number of carbonyl (C=O) groups excluding carboxylic acids is 1. The van der Waals surface area contributed by atoms with Crippen molar-refractivity contribution in [2.45, 2.75) is 45.3 Å². The van der Waals surface area contributed by atoms with Crippen molar-refractivity contribution in [3.8, 4) is 0 Å². The van der Waals surface area contributed by atoms with E-state index in [-0.39, 0.29) is 17.8 Å². The Bertz CT molecular complexity index is 838. The molecule has 0 atom stereocenters. The summed E-state index contributed by atoms with van der Waals surface area (Å²) in [5.74, 6) is 1.41. The first-order valence-electron chi connectivity index (χ1n) is 10.1. The third kappa shape index (κ3) is 4.13. The van der Waals surface area contributed by atoms with Gasteiger partial charge < -0.3 is 14.6 Å². The van der Waals surface area contributed by atoms with E-state index < -0.39 is 0 Å². The molecule has 1 saturated heterocycles. The van der Waals surface area contributed by atoms with E-state index in [1.165, 1.54) is 12.1 Å². The number of amides is 1. The quantitative estimate of drug-likeness (QED) is 0.879. The molecule has 2 aliphatic heterocycles. The Balaban J connectivity index is 1.46. The van der Waals surface area contributed by atoms with E-state index in [0.717, 1.165) is 62.3 Å². The van der Waals surface area contributed by atoms with E-state index in [9.17, 15) is 9.18 Å². The van der Waals surface area contributed by atoms with Crippen LogP contribution in [0.1, 0.15) is 45.8 Å². The lowest BCUT2D eigenvalue weighted by Gasteiger charge is -2.30. The van der Waals surface area contributed by atoms with Crippen LogP contribution in [0.2, 0.25) is 0 Å². The van der Waals surface area contributed by atoms with E-state index in [1.54, 1.807) is 0 Å². The lowest BCUT2D eigenvalue weighted by Crippen LogP contribution is -2.43. The summed E-state index contributed by atoms with van der Waals surface area (Å²) in [6.07, 6.45) is 2.76. The van der Waals surface area contributed by atoms with Gasteiger partial charge in [-0.3, -0.25) is 9.69 Å². The van der Waals surface area contributed by atoms with Gasteiger partial charge in [-0.05, 0) is 57.6 Å². The summed E-state index contributed by atoms with van der Waals surface area (Å²) in [4.78, 5) is 17.6. The van der Waals surface area contributed by atoms with Gasteiger partial charge in [0.1, 0.15) is 17.3 Å². The zero-order valence-corrected chi connectivity index (χ0v) is 16.6. The number of benzene rings is 1. The summed E-state index contributed by atoms with van der Waals surface area (Å²) in [6, 6.07) is 6.85. The van der Waals surface area contributed by atoms with Crippen LogP contribution < -0.4 is 5.32 Å². The number of halogens is 1. The molecule has 1 amide bonds. The van der Waals surface area contributed by atoms with Crippen LogP contribution in [-0.4, -0.2) is 48.4 Å². The summed E-state index contributed by atoms with van der Waals surface area (Å²) in [6.45, 7) is 6.19. The molecule has 150 valence electrons. The van der Waals surface area contributed by atoms with Crippen LogP contribution in [-0.2, 0) is 19.5 Å². The number of rotatable bonds is 4. The number of carbonyl (C=O) groups is 1. The van der Waals surface area contributed by atoms with Crippen molar-refractivity contribution in [1.29, 1.82) is 0 Å². The first-order chi connectivity index (χ1) is 13.5. The van der Waals surface area contributed by atoms with Crippen molar-refractivity contribution in [1.82, 2.24) is 15.1 Å². The SMILES string of the molecule is Cc1oc2c(c1C(=O)NC1CCN(C)CC1)CN(Cc1ccc(F)cc1)CC2. The molecular weight excluding hydrogens is 357 g/mol. The number of hydrogen-bond donors (Lipinski definition) is 1. The fourth-order valence-corrected chi connectivity index (χ4v) is 4.27. The van der Waals surface area contributed by atoms with Crippen molar-refractivity contribution in [2.75, 3.05) is 26.7 Å². The van der Waals surface area contributed by atoms with Crippen LogP contribution in [0.3, 0.4) is 0 Å². The number of nitrogens with zero attached hydrogens (tertiary/aromatic N) is 2. The van der Waals surface area contributed by atoms with Gasteiger partial charge in [0, 0.05) is 37.7 Å². The summed E-state index contributed by atoms with van der Waals surface area (Å²) in [5.41, 5.74) is 2.79. The topological polar surface area (TPSA) is 48.7 Å². The van der Waals surface area contributed by atoms with Gasteiger partial charge in [0.15, 0.2) is 0 Å². The zero-order valence-electron chi connectivity index (χ0n) is 16.6. The molecule has 5 nitrogen and oxygen atoms in total. The molecule has 0 radical (unpaired) electrons. The zero-order chi connectivity index (χ0) is 19.7. The second-order valence-corrected chi connectivity index (χ2v) is 8.07. The molecule has 3 heterocycles. The minimum absolute atomic E-state index is 0.0133. The Morgan fingerprint density at radius 2 is 1.93 bits per heavy atom. The molecule has 1 fully saturated rings. The fourth-order valence-electron chi connectivity index (χ4n) is 4.27. The highest BCUT2D eigenvalue weighted by Gasteiger charge is 2.29. The highest BCUT2D eigenvalue weighted by atomic mass is 19.1. The Morgan fingerprint density at radius 3 is 2.64 bits per heavy atom. The minimum atomic E-state index is -0.219. The van der Waals surface area contributed by atoms with Gasteiger partial charge in [-0.1, -0.05) is 12.1 Å². The monoisotopic (exact) mass is 385 g/mol. The average Bonchev–Trinajstić information content (AvgIpc) is 3.00. The maximum atomic E-state index is 13.1. The summed E-state index contributed by atoms with van der Waals surface area (Å²) >= 11 is 0. The summed E-state index contributed by atoms with van der Waals surface area (Å²) in [5, 5.41) is 3.22. The van der Waals surface area contributed by atoms with Crippen LogP contribution >= 0.6 is 0 Å². The Morgan fingerprint density at radius 1 is 1.21 bits per heavy atom. The highest BCUT2D eigenvalue weighted by molar-refractivity contribution is 5.97. The lowest BCUT2D eigenvalue weighted by atomic mass is 10.00. The maximum Gasteiger partial charge on any atom is 0.255 e. The number of hydrogen-bond acceptors (Lipinski definition) is 4. The van der Waals surface area contributed by atoms with Crippen molar-refractivity contribution in [3.05, 3.63) is 58.3 Å². The predicted octanol–water partition coefficient (Wildman–Crippen LogP) is 3.11. The molecule has 1 N–H and O–H groups in total. The molecule has 0 unspecified atom stereocenters. The van der Waals surface area contributed by atoms with Crippen LogP contribution in [0.15, 0.2) is 28.7 Å². The van der Waals surface area contributed by atoms with E-state index in [1.807, 2.05) is 19.1 Å². The van der Waals surface area contributed by atoms with Crippen molar-refractivity contribution < 1.29 is 13.6 Å². The van der Waals surface area contributed by atoms with Gasteiger partial charge in [0.25, 0.3) is 5.91 Å². The lowest BCUT2D eigenvalue weighted by molar-refractivity contribution is 0.0913. The van der Waals surface area contributed by atoms with Crippen LogP contribution in [0.25, 0.3) is 0 Å². The molecule has 1 aromatic heterocycles. The molecule has 0 spiro atoms. The van der Waals surface area contributed by atoms with Crippen LogP contribution in [0, 0.1) is 12.7 Å². The third-order valence-corrected chi connectivity index (χ3v) is 5.90. The highest BCUT2D eigenvalue weighted by Crippen LogP contribution is 2.29. The molecule has 1 aromatic carbocycles. The average molecular weight is 385 g/mol. The van der Waals surface area contributed by atoms with Crippen LogP contribution in [0.4, 0.5) is 4.39 Å². The Hall–Kier alpha value is -2.18. The van der Waals surface area contributed by atoms with Gasteiger partial charge in [-0.15, -0.1) is 0 Å². The van der Waals surface area contributed by atoms with E-state index in [2.05, 4.69) is 22.2 Å². The second-order valence-electron chi connectivity index (χ2n) is 8.07. The number of aryl methyl sites for hydroxylation is 1. The molecule has 0 saturated carbocycles. The van der Waals surface area contributed by atoms with Gasteiger partial charge in [-0.2, -0.15) is 0 Å². The molecule has 4 rings (SSSR count). The van der Waals surface area contributed by atoms with Gasteiger partial charge in [0.2, 0.25) is 0 Å². The number of nitrogens with one attached hydrogen (secondary N) is 1. The molecule has 2 aliphatic rings. The van der Waals surface area contributed by atoms with E-state index >= 15 is 0 Å². The van der Waals surface area contributed by atoms with Gasteiger partial charge in [-0.25, -0.2) is 4.39 Å². The third-order valence-electron chi connectivity index (χ3n) is 5.90. The molecular formula is C22H28FN3O2. The second kappa shape index (κ2) is 8.05. The fraction of sp³-hybridized carbons (Fsp3) is 0.500. The Labute approximate surface area is 165 Å². The normalized spacial score (nSPS) is 18.8. The molecule has 0 bridgehead atoms. The standard InChI is InChI=1S/C22H28FN3O2/c1-15-21(22(27)24-18-7-10-25(2)11-8-18)19-14-26(12-9-20(19)28-15)13-16-3-5-17(23)6-4-16/h3-6,18H,7-14H2,1-2H3,(H,24,27). The van der Waals surface area contributed by atoms with Gasteiger partial charge in [0.05, 0.1) is 5.56 Å². The first-order valence-corrected chi connectivity index (χ1v) is 10.1. The maximum absolute atomic E-state index is 13.1. The number of fused-ring (bicyclic) bond motifs is 1. The summed E-state index contributed by atoms with van der Waals surface area (Å²) in [7, 11) is 2.12. The number of likely N-dealkylation sites (tertiary alicyclic amines) is 1. The van der Waals surface area contributed by atoms with Crippen molar-refractivity contribution in [3.63, 3.8) is 0 Å². The van der Waals surface area contributed by atoms with Gasteiger partial charge >= 0.3 is 0 Å². The molecule has 2 aromatic rings. The van der Waals surface area contributed by atoms with E-state index in [4.69, 9.17) is 4.42 Å². The predicted molar refractivity (Wildman–Crippen MR) is 106 cm³/mol. The molecule has 28 heavy (non-hydrogen) atoms. The minimum Gasteiger partial charge on any atom is -0.465 e. The molecule has 0 aliphatic carbocycles. The largest absolute Gasteiger partial charge is 0.465 e. The van der Waals surface area contributed by atoms with E-state index in [0.29, 0.717) is 17.9 Å².